The van der Waals surface area contributed by atoms with Crippen molar-refractivity contribution in [3.63, 3.8) is 0 Å². The first-order valence-corrected chi connectivity index (χ1v) is 8.72. The molecule has 0 aromatic heterocycles. The molecule has 1 rings (SSSR count). The van der Waals surface area contributed by atoms with Crippen LogP contribution >= 0.6 is 15.9 Å². The summed E-state index contributed by atoms with van der Waals surface area (Å²) in [6.07, 6.45) is 0. The van der Waals surface area contributed by atoms with Gasteiger partial charge in [0.15, 0.2) is 0 Å². The van der Waals surface area contributed by atoms with Gasteiger partial charge in [-0.05, 0) is 47.7 Å². The van der Waals surface area contributed by atoms with E-state index in [4.69, 9.17) is 9.53 Å². The van der Waals surface area contributed by atoms with Crippen LogP contribution in [0.25, 0.3) is 0 Å². The SMILES string of the molecule is C[Si](C)(C)Oc1c(Br)cccc1C(=O)O. The van der Waals surface area contributed by atoms with Gasteiger partial charge in [-0.2, -0.15) is 0 Å². The molecule has 0 fully saturated rings. The minimum Gasteiger partial charge on any atom is -0.543 e. The van der Waals surface area contributed by atoms with Crippen LogP contribution < -0.4 is 4.43 Å². The lowest BCUT2D eigenvalue weighted by molar-refractivity contribution is 0.0694. The zero-order valence-electron chi connectivity index (χ0n) is 8.87. The zero-order valence-corrected chi connectivity index (χ0v) is 11.5. The quantitative estimate of drug-likeness (QED) is 0.868. The number of carboxylic acids is 1. The normalized spacial score (nSPS) is 11.2. The average molecular weight is 289 g/mol. The summed E-state index contributed by atoms with van der Waals surface area (Å²) in [5.41, 5.74) is 0.201. The van der Waals surface area contributed by atoms with Crippen LogP contribution in [-0.4, -0.2) is 19.4 Å². The van der Waals surface area contributed by atoms with Crippen molar-refractivity contribution in [3.8, 4) is 5.75 Å². The van der Waals surface area contributed by atoms with Crippen LogP contribution in [0.5, 0.6) is 5.75 Å². The van der Waals surface area contributed by atoms with Crippen molar-refractivity contribution in [1.82, 2.24) is 0 Å². The number of halogens is 1. The molecule has 0 saturated heterocycles. The van der Waals surface area contributed by atoms with E-state index >= 15 is 0 Å². The van der Waals surface area contributed by atoms with Crippen LogP contribution in [0.2, 0.25) is 19.6 Å². The average Bonchev–Trinajstić information content (AvgIpc) is 2.05. The summed E-state index contributed by atoms with van der Waals surface area (Å²) in [7, 11) is -1.80. The molecule has 0 unspecified atom stereocenters. The predicted octanol–water partition coefficient (Wildman–Crippen LogP) is 3.36. The number of para-hydroxylation sites is 1. The Morgan fingerprint density at radius 2 is 2.00 bits per heavy atom. The second-order valence-electron chi connectivity index (χ2n) is 4.14. The molecule has 15 heavy (non-hydrogen) atoms. The molecule has 0 radical (unpaired) electrons. The molecule has 0 heterocycles. The molecule has 0 atom stereocenters. The Bertz CT molecular complexity index is 385. The fourth-order valence-corrected chi connectivity index (χ4v) is 2.52. The molecule has 5 heteroatoms. The third kappa shape index (κ3) is 3.35. The fourth-order valence-electron chi connectivity index (χ4n) is 1.09. The molecule has 0 saturated carbocycles. The molecule has 0 bridgehead atoms. The Morgan fingerprint density at radius 1 is 1.40 bits per heavy atom. The van der Waals surface area contributed by atoms with Gasteiger partial charge in [0.25, 0.3) is 0 Å². The highest BCUT2D eigenvalue weighted by molar-refractivity contribution is 9.10. The van der Waals surface area contributed by atoms with Gasteiger partial charge in [0.05, 0.1) is 4.47 Å². The summed E-state index contributed by atoms with van der Waals surface area (Å²) in [5.74, 6) is -0.534. The monoisotopic (exact) mass is 288 g/mol. The van der Waals surface area contributed by atoms with Crippen molar-refractivity contribution in [3.05, 3.63) is 28.2 Å². The molecule has 0 amide bonds. The smallest absolute Gasteiger partial charge is 0.339 e. The van der Waals surface area contributed by atoms with E-state index in [1.54, 1.807) is 18.2 Å². The lowest BCUT2D eigenvalue weighted by atomic mass is 10.2. The number of aromatic carboxylic acids is 1. The first-order chi connectivity index (χ1) is 6.81. The molecule has 3 nitrogen and oxygen atoms in total. The second kappa shape index (κ2) is 4.36. The zero-order chi connectivity index (χ0) is 11.6. The maximum atomic E-state index is 11.0. The maximum Gasteiger partial charge on any atom is 0.339 e. The lowest BCUT2D eigenvalue weighted by Crippen LogP contribution is -2.30. The highest BCUT2D eigenvalue weighted by atomic mass is 79.9. The highest BCUT2D eigenvalue weighted by Crippen LogP contribution is 2.31. The highest BCUT2D eigenvalue weighted by Gasteiger charge is 2.22. The number of rotatable bonds is 3. The van der Waals surface area contributed by atoms with Gasteiger partial charge in [0.2, 0.25) is 8.32 Å². The molecule has 82 valence electrons. The minimum atomic E-state index is -1.80. The van der Waals surface area contributed by atoms with E-state index < -0.39 is 14.3 Å². The Morgan fingerprint density at radius 3 is 2.47 bits per heavy atom. The predicted molar refractivity (Wildman–Crippen MR) is 65.1 cm³/mol. The molecule has 0 aliphatic rings. The van der Waals surface area contributed by atoms with Crippen molar-refractivity contribution in [2.75, 3.05) is 0 Å². The standard InChI is InChI=1S/C10H13BrO3Si/c1-15(2,3)14-9-7(10(12)13)5-4-6-8(9)11/h4-6H,1-3H3,(H,12,13). The van der Waals surface area contributed by atoms with Gasteiger partial charge in [-0.1, -0.05) is 6.07 Å². The molecular weight excluding hydrogens is 276 g/mol. The number of hydrogen-bond acceptors (Lipinski definition) is 2. The van der Waals surface area contributed by atoms with Gasteiger partial charge >= 0.3 is 5.97 Å². The van der Waals surface area contributed by atoms with Crippen molar-refractivity contribution in [2.24, 2.45) is 0 Å². The summed E-state index contributed by atoms with van der Waals surface area (Å²) < 4.78 is 6.42. The van der Waals surface area contributed by atoms with Crippen molar-refractivity contribution in [2.45, 2.75) is 19.6 Å². The third-order valence-electron chi connectivity index (χ3n) is 1.61. The molecular formula is C10H13BrO3Si. The van der Waals surface area contributed by atoms with Crippen LogP contribution in [-0.2, 0) is 0 Å². The Kier molecular flexibility index (Phi) is 3.57. The van der Waals surface area contributed by atoms with Gasteiger partial charge in [-0.3, -0.25) is 0 Å². The topological polar surface area (TPSA) is 46.5 Å². The van der Waals surface area contributed by atoms with Crippen LogP contribution in [0.1, 0.15) is 10.4 Å². The molecule has 0 spiro atoms. The van der Waals surface area contributed by atoms with Crippen LogP contribution in [0, 0.1) is 0 Å². The van der Waals surface area contributed by atoms with E-state index in [1.165, 1.54) is 0 Å². The van der Waals surface area contributed by atoms with E-state index in [1.807, 2.05) is 19.6 Å². The second-order valence-corrected chi connectivity index (χ2v) is 9.42. The van der Waals surface area contributed by atoms with E-state index in [9.17, 15) is 4.79 Å². The summed E-state index contributed by atoms with van der Waals surface area (Å²) >= 11 is 3.30. The van der Waals surface area contributed by atoms with E-state index in [0.717, 1.165) is 0 Å². The molecule has 0 aliphatic heterocycles. The van der Waals surface area contributed by atoms with E-state index in [2.05, 4.69) is 15.9 Å². The van der Waals surface area contributed by atoms with Gasteiger partial charge in [-0.25, -0.2) is 4.79 Å². The van der Waals surface area contributed by atoms with Crippen LogP contribution in [0.4, 0.5) is 0 Å². The van der Waals surface area contributed by atoms with Gasteiger partial charge in [0.1, 0.15) is 11.3 Å². The molecule has 0 aliphatic carbocycles. The number of carbonyl (C=O) groups is 1. The van der Waals surface area contributed by atoms with E-state index in [0.29, 0.717) is 10.2 Å². The summed E-state index contributed by atoms with van der Waals surface area (Å²) in [4.78, 5) is 11.0. The van der Waals surface area contributed by atoms with Gasteiger partial charge < -0.3 is 9.53 Å². The first-order valence-electron chi connectivity index (χ1n) is 4.52. The first kappa shape index (κ1) is 12.3. The summed E-state index contributed by atoms with van der Waals surface area (Å²) in [6.45, 7) is 6.04. The lowest BCUT2D eigenvalue weighted by Gasteiger charge is -2.21. The Hall–Kier alpha value is -0.813. The third-order valence-corrected chi connectivity index (χ3v) is 3.05. The Labute approximate surface area is 98.3 Å². The Balaban J connectivity index is 3.19. The number of carboxylic acid groups (broad SMARTS) is 1. The molecule has 1 aromatic rings. The van der Waals surface area contributed by atoms with E-state index in [-0.39, 0.29) is 5.56 Å². The largest absolute Gasteiger partial charge is 0.543 e. The summed E-state index contributed by atoms with van der Waals surface area (Å²) in [5, 5.41) is 9.00. The van der Waals surface area contributed by atoms with Crippen LogP contribution in [0.3, 0.4) is 0 Å². The van der Waals surface area contributed by atoms with Crippen molar-refractivity contribution in [1.29, 1.82) is 0 Å². The van der Waals surface area contributed by atoms with Crippen LogP contribution in [0.15, 0.2) is 22.7 Å². The number of benzene rings is 1. The molecule has 1 N–H and O–H groups in total. The minimum absolute atomic E-state index is 0.201. The maximum absolute atomic E-state index is 11.0. The summed E-state index contributed by atoms with van der Waals surface area (Å²) in [6, 6.07) is 5.01. The van der Waals surface area contributed by atoms with Gasteiger partial charge in [0, 0.05) is 0 Å². The fraction of sp³-hybridized carbons (Fsp3) is 0.300. The number of hydrogen-bond donors (Lipinski definition) is 1. The van der Waals surface area contributed by atoms with Crippen molar-refractivity contribution < 1.29 is 14.3 Å². The van der Waals surface area contributed by atoms with Crippen molar-refractivity contribution >= 4 is 30.2 Å². The van der Waals surface area contributed by atoms with Gasteiger partial charge in [-0.15, -0.1) is 0 Å². The molecule has 1 aromatic carbocycles.